The average molecular weight is 397 g/mol. The van der Waals surface area contributed by atoms with E-state index in [0.29, 0.717) is 11.3 Å². The van der Waals surface area contributed by atoms with E-state index >= 15 is 0 Å². The molecule has 0 atom stereocenters. The van der Waals surface area contributed by atoms with Gasteiger partial charge in [0.15, 0.2) is 12.4 Å². The number of halogens is 1. The Kier molecular flexibility index (Phi) is 6.43. The number of Topliss-reactive ketones (excluding diaryl/α,β-unsaturated/α-hetero) is 1. The highest BCUT2D eigenvalue weighted by Crippen LogP contribution is 2.25. The van der Waals surface area contributed by atoms with Crippen LogP contribution in [0.4, 0.5) is 4.79 Å². The number of hydrogen-bond acceptors (Lipinski definition) is 6. The number of benzene rings is 1. The summed E-state index contributed by atoms with van der Waals surface area (Å²) in [6, 6.07) is 4.04. The first kappa shape index (κ1) is 20.7. The van der Waals surface area contributed by atoms with Gasteiger partial charge in [-0.1, -0.05) is 11.6 Å². The zero-order valence-electron chi connectivity index (χ0n) is 15.3. The Labute approximate surface area is 161 Å². The summed E-state index contributed by atoms with van der Waals surface area (Å²) < 4.78 is 9.95. The molecule has 3 amide bonds. The molecule has 1 aliphatic heterocycles. The molecule has 0 bridgehead atoms. The van der Waals surface area contributed by atoms with Crippen LogP contribution in [-0.2, 0) is 14.3 Å². The van der Waals surface area contributed by atoms with Gasteiger partial charge in [-0.15, -0.1) is 0 Å². The summed E-state index contributed by atoms with van der Waals surface area (Å²) in [6.07, 6.45) is 0.227. The van der Waals surface area contributed by atoms with Crippen molar-refractivity contribution in [1.82, 2.24) is 10.2 Å². The number of imide groups is 1. The average Bonchev–Trinajstić information content (AvgIpc) is 2.81. The fourth-order valence-electron chi connectivity index (χ4n) is 2.54. The van der Waals surface area contributed by atoms with Crippen LogP contribution in [0, 0.1) is 0 Å². The molecule has 1 aromatic rings. The van der Waals surface area contributed by atoms with Crippen molar-refractivity contribution in [1.29, 1.82) is 0 Å². The molecule has 8 nitrogen and oxygen atoms in total. The van der Waals surface area contributed by atoms with Gasteiger partial charge in [0.25, 0.3) is 5.91 Å². The van der Waals surface area contributed by atoms with Crippen LogP contribution in [0.15, 0.2) is 18.2 Å². The molecule has 146 valence electrons. The van der Waals surface area contributed by atoms with Crippen molar-refractivity contribution in [2.45, 2.75) is 32.2 Å². The second-order valence-electron chi connectivity index (χ2n) is 6.55. The van der Waals surface area contributed by atoms with Crippen LogP contribution < -0.4 is 10.1 Å². The number of ketones is 1. The Morgan fingerprint density at radius 1 is 1.26 bits per heavy atom. The van der Waals surface area contributed by atoms with Gasteiger partial charge in [0.1, 0.15) is 11.3 Å². The summed E-state index contributed by atoms with van der Waals surface area (Å²) in [7, 11) is 1.46. The molecular formula is C18H21ClN2O6. The van der Waals surface area contributed by atoms with Gasteiger partial charge in [0, 0.05) is 18.5 Å². The predicted molar refractivity (Wildman–Crippen MR) is 96.9 cm³/mol. The monoisotopic (exact) mass is 396 g/mol. The Morgan fingerprint density at radius 2 is 1.96 bits per heavy atom. The Morgan fingerprint density at radius 3 is 2.52 bits per heavy atom. The molecule has 0 aromatic heterocycles. The van der Waals surface area contributed by atoms with E-state index in [9.17, 15) is 19.2 Å². The number of nitrogens with zero attached hydrogens (tertiary/aromatic N) is 1. The van der Waals surface area contributed by atoms with Gasteiger partial charge in [-0.2, -0.15) is 0 Å². The van der Waals surface area contributed by atoms with Crippen LogP contribution in [0.5, 0.6) is 5.75 Å². The first-order valence-electron chi connectivity index (χ1n) is 8.32. The Hall–Kier alpha value is -2.61. The maximum Gasteiger partial charge on any atom is 0.325 e. The quantitative estimate of drug-likeness (QED) is 0.410. The number of ether oxygens (including phenoxy) is 2. The van der Waals surface area contributed by atoms with Gasteiger partial charge in [-0.3, -0.25) is 19.3 Å². The predicted octanol–water partition coefficient (Wildman–Crippen LogP) is 2.19. The van der Waals surface area contributed by atoms with Gasteiger partial charge in [0.2, 0.25) is 0 Å². The van der Waals surface area contributed by atoms with Crippen molar-refractivity contribution in [3.8, 4) is 5.75 Å². The second-order valence-corrected chi connectivity index (χ2v) is 6.96. The minimum Gasteiger partial charge on any atom is -0.495 e. The normalized spacial score (nSPS) is 15.5. The summed E-state index contributed by atoms with van der Waals surface area (Å²) in [5, 5.41) is 2.84. The number of carbonyl (C=O) groups excluding carboxylic acids is 4. The lowest BCUT2D eigenvalue weighted by atomic mass is 10.1. The van der Waals surface area contributed by atoms with E-state index in [0.717, 1.165) is 4.90 Å². The molecule has 27 heavy (non-hydrogen) atoms. The van der Waals surface area contributed by atoms with Crippen molar-refractivity contribution >= 4 is 35.3 Å². The number of carbonyl (C=O) groups is 4. The topological polar surface area (TPSA) is 102 Å². The van der Waals surface area contributed by atoms with E-state index in [1.165, 1.54) is 19.2 Å². The SMILES string of the molecule is COc1ccc(C(=O)COC(=O)CCCN2C(=O)NC(C)(C)C2=O)cc1Cl. The van der Waals surface area contributed by atoms with Crippen LogP contribution in [0.1, 0.15) is 37.0 Å². The fraction of sp³-hybridized carbons (Fsp3) is 0.444. The van der Waals surface area contributed by atoms with E-state index in [-0.39, 0.29) is 30.3 Å². The molecule has 9 heteroatoms. The second kappa shape index (κ2) is 8.39. The van der Waals surface area contributed by atoms with Gasteiger partial charge in [-0.05, 0) is 38.5 Å². The number of urea groups is 1. The third-order valence-corrected chi connectivity index (χ3v) is 4.34. The van der Waals surface area contributed by atoms with E-state index in [1.807, 2.05) is 0 Å². The smallest absolute Gasteiger partial charge is 0.325 e. The van der Waals surface area contributed by atoms with Crippen LogP contribution in [0.25, 0.3) is 0 Å². The summed E-state index contributed by atoms with van der Waals surface area (Å²) in [4.78, 5) is 48.7. The molecule has 0 radical (unpaired) electrons. The molecule has 1 N–H and O–H groups in total. The number of amides is 3. The highest BCUT2D eigenvalue weighted by molar-refractivity contribution is 6.32. The lowest BCUT2D eigenvalue weighted by Gasteiger charge is -2.15. The minimum absolute atomic E-state index is 0.0197. The van der Waals surface area contributed by atoms with Crippen LogP contribution >= 0.6 is 11.6 Å². The zero-order chi connectivity index (χ0) is 20.2. The summed E-state index contributed by atoms with van der Waals surface area (Å²) in [6.45, 7) is 2.90. The molecule has 0 spiro atoms. The standard InChI is InChI=1S/C18H21ClN2O6/c1-18(2)16(24)21(17(25)20-18)8-4-5-15(23)27-10-13(22)11-6-7-14(26-3)12(19)9-11/h6-7,9H,4-5,8,10H2,1-3H3,(H,20,25). The molecule has 1 saturated heterocycles. The van der Waals surface area contributed by atoms with Crippen molar-refractivity contribution in [3.63, 3.8) is 0 Å². The van der Waals surface area contributed by atoms with Crippen molar-refractivity contribution in [2.75, 3.05) is 20.3 Å². The summed E-state index contributed by atoms with van der Waals surface area (Å²) in [5.41, 5.74) is -0.640. The van der Waals surface area contributed by atoms with Gasteiger partial charge < -0.3 is 14.8 Å². The molecule has 2 rings (SSSR count). The molecule has 0 aliphatic carbocycles. The largest absolute Gasteiger partial charge is 0.495 e. The molecule has 1 fully saturated rings. The van der Waals surface area contributed by atoms with Gasteiger partial charge in [0.05, 0.1) is 12.1 Å². The summed E-state index contributed by atoms with van der Waals surface area (Å²) in [5.74, 6) is -0.890. The van der Waals surface area contributed by atoms with Crippen LogP contribution in [-0.4, -0.2) is 54.4 Å². The number of esters is 1. The third-order valence-electron chi connectivity index (χ3n) is 4.05. The Balaban J connectivity index is 1.76. The minimum atomic E-state index is -0.941. The van der Waals surface area contributed by atoms with Crippen molar-refractivity contribution in [3.05, 3.63) is 28.8 Å². The number of methoxy groups -OCH3 is 1. The van der Waals surface area contributed by atoms with E-state index < -0.39 is 29.9 Å². The molecule has 1 aromatic carbocycles. The van der Waals surface area contributed by atoms with Crippen molar-refractivity contribution in [2.24, 2.45) is 0 Å². The van der Waals surface area contributed by atoms with E-state index in [2.05, 4.69) is 5.32 Å². The van der Waals surface area contributed by atoms with Crippen molar-refractivity contribution < 1.29 is 28.7 Å². The van der Waals surface area contributed by atoms with Gasteiger partial charge in [-0.25, -0.2) is 4.79 Å². The lowest BCUT2D eigenvalue weighted by Crippen LogP contribution is -2.40. The molecule has 1 heterocycles. The van der Waals surface area contributed by atoms with Crippen LogP contribution in [0.3, 0.4) is 0 Å². The summed E-state index contributed by atoms with van der Waals surface area (Å²) >= 11 is 5.96. The van der Waals surface area contributed by atoms with E-state index in [1.54, 1.807) is 19.9 Å². The zero-order valence-corrected chi connectivity index (χ0v) is 16.1. The molecular weight excluding hydrogens is 376 g/mol. The third kappa shape index (κ3) is 4.97. The van der Waals surface area contributed by atoms with E-state index in [4.69, 9.17) is 21.1 Å². The number of hydrogen-bond donors (Lipinski definition) is 1. The van der Waals surface area contributed by atoms with Gasteiger partial charge >= 0.3 is 12.0 Å². The molecule has 0 saturated carbocycles. The first-order chi connectivity index (χ1) is 12.7. The highest BCUT2D eigenvalue weighted by atomic mass is 35.5. The van der Waals surface area contributed by atoms with Crippen LogP contribution in [0.2, 0.25) is 5.02 Å². The Bertz CT molecular complexity index is 777. The molecule has 1 aliphatic rings. The fourth-order valence-corrected chi connectivity index (χ4v) is 2.80. The molecule has 0 unspecified atom stereocenters. The lowest BCUT2D eigenvalue weighted by molar-refractivity contribution is -0.143. The number of nitrogens with one attached hydrogen (secondary N) is 1. The number of rotatable bonds is 8. The maximum atomic E-state index is 12.1. The first-order valence-corrected chi connectivity index (χ1v) is 8.70. The highest BCUT2D eigenvalue weighted by Gasteiger charge is 2.43. The maximum absolute atomic E-state index is 12.1.